The molecule has 1 aromatic rings. The van der Waals surface area contributed by atoms with Crippen LogP contribution >= 0.6 is 0 Å². The summed E-state index contributed by atoms with van der Waals surface area (Å²) >= 11 is 0. The van der Waals surface area contributed by atoms with Crippen molar-refractivity contribution in [1.29, 1.82) is 0 Å². The first-order valence-corrected chi connectivity index (χ1v) is 8.52. The van der Waals surface area contributed by atoms with Crippen LogP contribution in [0.3, 0.4) is 0 Å². The van der Waals surface area contributed by atoms with Crippen molar-refractivity contribution in [3.63, 3.8) is 0 Å². The molecule has 1 spiro atoms. The smallest absolute Gasteiger partial charge is 0.320 e. The van der Waals surface area contributed by atoms with Gasteiger partial charge in [0.2, 0.25) is 0 Å². The van der Waals surface area contributed by atoms with Crippen molar-refractivity contribution in [3.8, 4) is 5.75 Å². The van der Waals surface area contributed by atoms with Crippen molar-refractivity contribution in [2.45, 2.75) is 25.3 Å². The zero-order valence-electron chi connectivity index (χ0n) is 14.8. The normalized spacial score (nSPS) is 22.6. The first kappa shape index (κ1) is 18.6. The number of carboxylic acid groups (broad SMARTS) is 1. The lowest BCUT2D eigenvalue weighted by Gasteiger charge is -2.39. The van der Waals surface area contributed by atoms with Crippen LogP contribution in [0.15, 0.2) is 12.1 Å². The van der Waals surface area contributed by atoms with E-state index in [0.717, 1.165) is 19.2 Å². The number of carbonyl (C=O) groups excluding carboxylic acids is 1. The van der Waals surface area contributed by atoms with E-state index in [-0.39, 0.29) is 11.0 Å². The summed E-state index contributed by atoms with van der Waals surface area (Å²) in [5.41, 5.74) is -0.348. The Labute approximate surface area is 150 Å². The first-order chi connectivity index (χ1) is 12.3. The summed E-state index contributed by atoms with van der Waals surface area (Å²) in [6.07, 6.45) is 1.87. The maximum atomic E-state index is 14.3. The predicted octanol–water partition coefficient (Wildman–Crippen LogP) is 1.98. The molecule has 2 heterocycles. The van der Waals surface area contributed by atoms with Gasteiger partial charge in [-0.1, -0.05) is 0 Å². The molecule has 0 aromatic heterocycles. The average Bonchev–Trinajstić information content (AvgIpc) is 2.92. The van der Waals surface area contributed by atoms with E-state index in [0.29, 0.717) is 38.9 Å². The Morgan fingerprint density at radius 1 is 1.27 bits per heavy atom. The van der Waals surface area contributed by atoms with Crippen molar-refractivity contribution in [3.05, 3.63) is 29.3 Å². The number of nitrogens with zero attached hydrogens (tertiary/aromatic N) is 2. The second kappa shape index (κ2) is 6.83. The van der Waals surface area contributed by atoms with Gasteiger partial charge in [0.15, 0.2) is 17.4 Å². The van der Waals surface area contributed by atoms with Crippen molar-refractivity contribution in [1.82, 2.24) is 9.80 Å². The number of halogens is 2. The van der Waals surface area contributed by atoms with E-state index in [1.54, 1.807) is 7.05 Å². The SMILES string of the molecule is COc1c(F)ccc(C(=O)N2CCC3(CC2)C[C@H](C(=O)O)N(C)C3)c1F. The highest BCUT2D eigenvalue weighted by atomic mass is 19.1. The third-order valence-electron chi connectivity index (χ3n) is 5.62. The second-order valence-electron chi connectivity index (χ2n) is 7.21. The lowest BCUT2D eigenvalue weighted by Crippen LogP contribution is -2.44. The quantitative estimate of drug-likeness (QED) is 0.884. The van der Waals surface area contributed by atoms with Gasteiger partial charge in [0.1, 0.15) is 6.04 Å². The van der Waals surface area contributed by atoms with Crippen molar-refractivity contribution < 1.29 is 28.2 Å². The second-order valence-corrected chi connectivity index (χ2v) is 7.21. The summed E-state index contributed by atoms with van der Waals surface area (Å²) in [5.74, 6) is -3.75. The van der Waals surface area contributed by atoms with E-state index >= 15 is 0 Å². The molecule has 2 fully saturated rings. The molecule has 0 bridgehead atoms. The first-order valence-electron chi connectivity index (χ1n) is 8.52. The Morgan fingerprint density at radius 2 is 1.92 bits per heavy atom. The molecule has 2 saturated heterocycles. The van der Waals surface area contributed by atoms with Gasteiger partial charge in [0.05, 0.1) is 12.7 Å². The van der Waals surface area contributed by atoms with Gasteiger partial charge in [-0.05, 0) is 43.9 Å². The van der Waals surface area contributed by atoms with Crippen LogP contribution in [-0.4, -0.2) is 66.6 Å². The maximum absolute atomic E-state index is 14.3. The third kappa shape index (κ3) is 3.13. The number of ether oxygens (including phenoxy) is 1. The van der Waals surface area contributed by atoms with Crippen LogP contribution in [0.2, 0.25) is 0 Å². The summed E-state index contributed by atoms with van der Waals surface area (Å²) in [7, 11) is 2.95. The van der Waals surface area contributed by atoms with Gasteiger partial charge in [-0.3, -0.25) is 14.5 Å². The molecule has 0 saturated carbocycles. The Morgan fingerprint density at radius 3 is 2.46 bits per heavy atom. The van der Waals surface area contributed by atoms with Crippen molar-refractivity contribution in [2.24, 2.45) is 5.41 Å². The Balaban J connectivity index is 1.71. The Bertz CT molecular complexity index is 732. The van der Waals surface area contributed by atoms with Gasteiger partial charge in [0, 0.05) is 19.6 Å². The van der Waals surface area contributed by atoms with E-state index in [9.17, 15) is 23.5 Å². The summed E-state index contributed by atoms with van der Waals surface area (Å²) in [5, 5.41) is 9.30. The number of rotatable bonds is 3. The van der Waals surface area contributed by atoms with Gasteiger partial charge in [-0.15, -0.1) is 0 Å². The molecule has 1 N–H and O–H groups in total. The fourth-order valence-corrected chi connectivity index (χ4v) is 4.15. The number of benzene rings is 1. The standard InChI is InChI=1S/C18H22F2N2O4/c1-21-10-18(9-13(21)17(24)25)5-7-22(8-6-18)16(23)11-3-4-12(19)15(26-2)14(11)20/h3-4,13H,5-10H2,1-2H3,(H,24,25)/t13-/m1/s1. The molecule has 6 nitrogen and oxygen atoms in total. The average molecular weight is 368 g/mol. The van der Waals surface area contributed by atoms with Gasteiger partial charge in [-0.2, -0.15) is 0 Å². The number of hydrogen-bond acceptors (Lipinski definition) is 4. The van der Waals surface area contributed by atoms with E-state index in [4.69, 9.17) is 4.74 Å². The highest BCUT2D eigenvalue weighted by Crippen LogP contribution is 2.43. The molecule has 26 heavy (non-hydrogen) atoms. The molecule has 2 aliphatic rings. The number of aliphatic carboxylic acids is 1. The van der Waals surface area contributed by atoms with Crippen LogP contribution in [0.25, 0.3) is 0 Å². The van der Waals surface area contributed by atoms with E-state index in [1.807, 2.05) is 4.90 Å². The van der Waals surface area contributed by atoms with Crippen LogP contribution in [0.1, 0.15) is 29.6 Å². The molecular formula is C18H22F2N2O4. The molecule has 1 amide bonds. The van der Waals surface area contributed by atoms with Crippen LogP contribution < -0.4 is 4.74 Å². The molecule has 0 aliphatic carbocycles. The molecule has 1 atom stereocenters. The molecule has 8 heteroatoms. The van der Waals surface area contributed by atoms with Crippen LogP contribution in [0, 0.1) is 17.0 Å². The largest absolute Gasteiger partial charge is 0.491 e. The van der Waals surface area contributed by atoms with Crippen LogP contribution in [-0.2, 0) is 4.79 Å². The minimum absolute atomic E-state index is 0.131. The molecule has 0 radical (unpaired) electrons. The highest BCUT2D eigenvalue weighted by molar-refractivity contribution is 5.95. The number of amides is 1. The van der Waals surface area contributed by atoms with E-state index in [1.165, 1.54) is 4.90 Å². The number of methoxy groups -OCH3 is 1. The number of carbonyl (C=O) groups is 2. The topological polar surface area (TPSA) is 70.1 Å². The van der Waals surface area contributed by atoms with E-state index < -0.39 is 35.3 Å². The van der Waals surface area contributed by atoms with Gasteiger partial charge < -0.3 is 14.7 Å². The molecular weight excluding hydrogens is 346 g/mol. The highest BCUT2D eigenvalue weighted by Gasteiger charge is 2.47. The van der Waals surface area contributed by atoms with Crippen molar-refractivity contribution >= 4 is 11.9 Å². The third-order valence-corrected chi connectivity index (χ3v) is 5.62. The fourth-order valence-electron chi connectivity index (χ4n) is 4.15. The van der Waals surface area contributed by atoms with Crippen molar-refractivity contribution in [2.75, 3.05) is 33.8 Å². The summed E-state index contributed by atoms with van der Waals surface area (Å²) in [4.78, 5) is 27.3. The molecule has 3 rings (SSSR count). The summed E-state index contributed by atoms with van der Waals surface area (Å²) < 4.78 is 32.6. The number of likely N-dealkylation sites (tertiary alicyclic amines) is 2. The van der Waals surface area contributed by atoms with Gasteiger partial charge in [-0.25, -0.2) is 8.78 Å². The summed E-state index contributed by atoms with van der Waals surface area (Å²) in [6, 6.07) is 1.64. The number of likely N-dealkylation sites (N-methyl/N-ethyl adjacent to an activating group) is 1. The van der Waals surface area contributed by atoms with Crippen LogP contribution in [0.5, 0.6) is 5.75 Å². The van der Waals surface area contributed by atoms with Crippen LogP contribution in [0.4, 0.5) is 8.78 Å². The van der Waals surface area contributed by atoms with Gasteiger partial charge in [0.25, 0.3) is 5.91 Å². The predicted molar refractivity (Wildman–Crippen MR) is 89.2 cm³/mol. The fraction of sp³-hybridized carbons (Fsp3) is 0.556. The molecule has 1 aromatic carbocycles. The number of hydrogen-bond donors (Lipinski definition) is 1. The minimum Gasteiger partial charge on any atom is -0.491 e. The molecule has 142 valence electrons. The lowest BCUT2D eigenvalue weighted by atomic mass is 9.76. The monoisotopic (exact) mass is 368 g/mol. The molecule has 0 unspecified atom stereocenters. The van der Waals surface area contributed by atoms with Gasteiger partial charge >= 0.3 is 5.97 Å². The zero-order valence-corrected chi connectivity index (χ0v) is 14.8. The minimum atomic E-state index is -0.996. The maximum Gasteiger partial charge on any atom is 0.320 e. The lowest BCUT2D eigenvalue weighted by molar-refractivity contribution is -0.141. The molecule has 2 aliphatic heterocycles. The number of carboxylic acids is 1. The number of piperidine rings is 1. The Kier molecular flexibility index (Phi) is 4.88. The zero-order chi connectivity index (χ0) is 19.1. The summed E-state index contributed by atoms with van der Waals surface area (Å²) in [6.45, 7) is 1.50. The Hall–Kier alpha value is -2.22. The van der Waals surface area contributed by atoms with E-state index in [2.05, 4.69) is 0 Å².